The Morgan fingerprint density at radius 1 is 1.27 bits per heavy atom. The summed E-state index contributed by atoms with van der Waals surface area (Å²) in [6.07, 6.45) is 10.0. The average Bonchev–Trinajstić information content (AvgIpc) is 2.72. The van der Waals surface area contributed by atoms with Gasteiger partial charge in [0.15, 0.2) is 0 Å². The average molecular weight is 301 g/mol. The molecule has 3 N–H and O–H groups in total. The SMILES string of the molecule is C[C@]12CC[C@H]3[C@@H](CC=C4CC(O)=CC[C@@]43C)[C@@H]1CC(=O)[C@H]2N. The molecular formula is C19H27NO2. The molecule has 0 bridgehead atoms. The van der Waals surface area contributed by atoms with Gasteiger partial charge in [0.1, 0.15) is 5.78 Å². The highest BCUT2D eigenvalue weighted by Crippen LogP contribution is 2.63. The molecule has 4 rings (SSSR count). The molecule has 0 radical (unpaired) electrons. The van der Waals surface area contributed by atoms with Gasteiger partial charge in [0.05, 0.1) is 11.8 Å². The van der Waals surface area contributed by atoms with Crippen LogP contribution in [0.1, 0.15) is 52.4 Å². The first kappa shape index (κ1) is 14.5. The van der Waals surface area contributed by atoms with Crippen molar-refractivity contribution in [2.75, 3.05) is 0 Å². The summed E-state index contributed by atoms with van der Waals surface area (Å²) < 4.78 is 0. The van der Waals surface area contributed by atoms with Crippen LogP contribution in [0.2, 0.25) is 0 Å². The van der Waals surface area contributed by atoms with Crippen LogP contribution in [0.25, 0.3) is 0 Å². The Balaban J connectivity index is 1.71. The van der Waals surface area contributed by atoms with Crippen molar-refractivity contribution < 1.29 is 9.90 Å². The summed E-state index contributed by atoms with van der Waals surface area (Å²) in [6, 6.07) is -0.257. The number of Topliss-reactive ketones (excluding diaryl/α,β-unsaturated/α-hetero) is 1. The van der Waals surface area contributed by atoms with Gasteiger partial charge < -0.3 is 10.8 Å². The van der Waals surface area contributed by atoms with Crippen LogP contribution < -0.4 is 5.73 Å². The van der Waals surface area contributed by atoms with Crippen molar-refractivity contribution >= 4 is 5.78 Å². The van der Waals surface area contributed by atoms with E-state index in [1.807, 2.05) is 6.08 Å². The van der Waals surface area contributed by atoms with E-state index in [1.54, 1.807) is 0 Å². The summed E-state index contributed by atoms with van der Waals surface area (Å²) in [5.74, 6) is 2.46. The van der Waals surface area contributed by atoms with Crippen LogP contribution in [0.4, 0.5) is 0 Å². The van der Waals surface area contributed by atoms with E-state index in [9.17, 15) is 9.90 Å². The van der Waals surface area contributed by atoms with E-state index in [4.69, 9.17) is 5.73 Å². The van der Waals surface area contributed by atoms with Crippen molar-refractivity contribution in [3.63, 3.8) is 0 Å². The Hall–Kier alpha value is -1.09. The second-order valence-electron chi connectivity index (χ2n) is 8.53. The van der Waals surface area contributed by atoms with Crippen molar-refractivity contribution in [1.29, 1.82) is 0 Å². The maximum Gasteiger partial charge on any atom is 0.150 e. The molecule has 6 atom stereocenters. The van der Waals surface area contributed by atoms with E-state index in [0.717, 1.165) is 25.7 Å². The van der Waals surface area contributed by atoms with Crippen molar-refractivity contribution in [3.05, 3.63) is 23.5 Å². The Morgan fingerprint density at radius 3 is 2.82 bits per heavy atom. The molecule has 0 aromatic carbocycles. The predicted molar refractivity (Wildman–Crippen MR) is 86.2 cm³/mol. The zero-order valence-corrected chi connectivity index (χ0v) is 13.6. The Labute approximate surface area is 132 Å². The fourth-order valence-electron chi connectivity index (χ4n) is 6.14. The molecule has 2 saturated carbocycles. The molecule has 3 heteroatoms. The summed E-state index contributed by atoms with van der Waals surface area (Å²) in [4.78, 5) is 12.2. The standard InChI is InChI=1S/C19H27NO2/c1-18-7-5-12(21)9-11(18)3-4-13-14(18)6-8-19(2)15(13)10-16(22)17(19)20/h3,5,13-15,17,21H,4,6-10,20H2,1-2H3/t13-,14+,15+,17-,18+,19+/m1/s1. The lowest BCUT2D eigenvalue weighted by atomic mass is 9.48. The third-order valence-corrected chi connectivity index (χ3v) is 7.67. The molecule has 3 nitrogen and oxygen atoms in total. The number of hydrogen-bond donors (Lipinski definition) is 2. The molecule has 22 heavy (non-hydrogen) atoms. The van der Waals surface area contributed by atoms with Gasteiger partial charge in [-0.25, -0.2) is 0 Å². The third-order valence-electron chi connectivity index (χ3n) is 7.67. The zero-order chi connectivity index (χ0) is 15.7. The van der Waals surface area contributed by atoms with E-state index in [0.29, 0.717) is 29.9 Å². The van der Waals surface area contributed by atoms with Gasteiger partial charge in [-0.2, -0.15) is 0 Å². The second-order valence-corrected chi connectivity index (χ2v) is 8.53. The van der Waals surface area contributed by atoms with E-state index >= 15 is 0 Å². The predicted octanol–water partition coefficient (Wildman–Crippen LogP) is 3.51. The Kier molecular flexibility index (Phi) is 2.95. The lowest BCUT2D eigenvalue weighted by Crippen LogP contribution is -2.52. The smallest absolute Gasteiger partial charge is 0.150 e. The molecule has 0 spiro atoms. The first-order valence-corrected chi connectivity index (χ1v) is 8.72. The molecule has 2 fully saturated rings. The number of aliphatic hydroxyl groups excluding tert-OH is 1. The van der Waals surface area contributed by atoms with Crippen LogP contribution in [-0.4, -0.2) is 16.9 Å². The van der Waals surface area contributed by atoms with Gasteiger partial charge >= 0.3 is 0 Å². The Morgan fingerprint density at radius 2 is 2.05 bits per heavy atom. The van der Waals surface area contributed by atoms with Crippen LogP contribution >= 0.6 is 0 Å². The van der Waals surface area contributed by atoms with Gasteiger partial charge in [-0.3, -0.25) is 4.79 Å². The first-order chi connectivity index (χ1) is 10.4. The molecule has 4 aliphatic carbocycles. The van der Waals surface area contributed by atoms with E-state index in [-0.39, 0.29) is 22.7 Å². The molecule has 0 heterocycles. The highest BCUT2D eigenvalue weighted by molar-refractivity contribution is 5.87. The largest absolute Gasteiger partial charge is 0.512 e. The van der Waals surface area contributed by atoms with Gasteiger partial charge in [-0.1, -0.05) is 25.5 Å². The molecule has 120 valence electrons. The van der Waals surface area contributed by atoms with Crippen molar-refractivity contribution in [2.24, 2.45) is 34.3 Å². The highest BCUT2D eigenvalue weighted by Gasteiger charge is 2.59. The quantitative estimate of drug-likeness (QED) is 0.673. The van der Waals surface area contributed by atoms with Gasteiger partial charge in [0.25, 0.3) is 0 Å². The Bertz CT molecular complexity index is 592. The van der Waals surface area contributed by atoms with Crippen LogP contribution in [-0.2, 0) is 4.79 Å². The molecular weight excluding hydrogens is 274 g/mol. The van der Waals surface area contributed by atoms with Gasteiger partial charge in [0.2, 0.25) is 0 Å². The first-order valence-electron chi connectivity index (χ1n) is 8.72. The molecule has 0 aliphatic heterocycles. The minimum Gasteiger partial charge on any atom is -0.512 e. The van der Waals surface area contributed by atoms with Crippen LogP contribution in [0.15, 0.2) is 23.5 Å². The van der Waals surface area contributed by atoms with Crippen molar-refractivity contribution in [2.45, 2.75) is 58.4 Å². The number of hydrogen-bond acceptors (Lipinski definition) is 3. The summed E-state index contributed by atoms with van der Waals surface area (Å²) in [5, 5.41) is 9.88. The number of carbonyl (C=O) groups is 1. The number of carbonyl (C=O) groups excluding carboxylic acids is 1. The van der Waals surface area contributed by atoms with Gasteiger partial charge in [-0.15, -0.1) is 0 Å². The molecule has 4 aliphatic rings. The summed E-state index contributed by atoms with van der Waals surface area (Å²) in [6.45, 7) is 4.62. The monoisotopic (exact) mass is 301 g/mol. The number of aliphatic hydroxyl groups is 1. The second kappa shape index (κ2) is 4.47. The number of ketones is 1. The number of rotatable bonds is 0. The lowest BCUT2D eigenvalue weighted by molar-refractivity contribution is -0.119. The topological polar surface area (TPSA) is 63.3 Å². The fourth-order valence-corrected chi connectivity index (χ4v) is 6.14. The van der Waals surface area contributed by atoms with Crippen LogP contribution in [0.3, 0.4) is 0 Å². The van der Waals surface area contributed by atoms with Gasteiger partial charge in [-0.05, 0) is 60.3 Å². The third kappa shape index (κ3) is 1.69. The number of fused-ring (bicyclic) bond motifs is 5. The van der Waals surface area contributed by atoms with Crippen molar-refractivity contribution in [3.8, 4) is 0 Å². The minimum atomic E-state index is -0.257. The zero-order valence-electron chi connectivity index (χ0n) is 13.6. The number of allylic oxidation sites excluding steroid dienone is 3. The fraction of sp³-hybridized carbons (Fsp3) is 0.737. The van der Waals surface area contributed by atoms with Crippen LogP contribution in [0, 0.1) is 28.6 Å². The normalized spacial score (nSPS) is 50.6. The van der Waals surface area contributed by atoms with E-state index in [1.165, 1.54) is 12.0 Å². The minimum absolute atomic E-state index is 0.00655. The molecule has 0 saturated heterocycles. The summed E-state index contributed by atoms with van der Waals surface area (Å²) >= 11 is 0. The van der Waals surface area contributed by atoms with Crippen molar-refractivity contribution in [1.82, 2.24) is 0 Å². The molecule has 0 unspecified atom stereocenters. The molecule has 0 amide bonds. The maximum absolute atomic E-state index is 12.2. The molecule has 0 aromatic rings. The van der Waals surface area contributed by atoms with E-state index < -0.39 is 0 Å². The number of nitrogens with two attached hydrogens (primary N) is 1. The summed E-state index contributed by atoms with van der Waals surface area (Å²) in [7, 11) is 0. The van der Waals surface area contributed by atoms with E-state index in [2.05, 4.69) is 19.9 Å². The maximum atomic E-state index is 12.2. The van der Waals surface area contributed by atoms with Gasteiger partial charge in [0, 0.05) is 12.8 Å². The van der Waals surface area contributed by atoms with Crippen LogP contribution in [0.5, 0.6) is 0 Å². The molecule has 0 aromatic heterocycles. The summed E-state index contributed by atoms with van der Waals surface area (Å²) in [5.41, 5.74) is 7.87. The lowest BCUT2D eigenvalue weighted by Gasteiger charge is -2.56. The highest BCUT2D eigenvalue weighted by atomic mass is 16.3.